The number of alkyl halides is 1. The van der Waals surface area contributed by atoms with Crippen LogP contribution in [0.4, 0.5) is 21.7 Å². The van der Waals surface area contributed by atoms with Gasteiger partial charge >= 0.3 is 0 Å². The van der Waals surface area contributed by atoms with Crippen molar-refractivity contribution in [1.82, 2.24) is 20.2 Å². The first-order valence-electron chi connectivity index (χ1n) is 11.9. The highest BCUT2D eigenvalue weighted by molar-refractivity contribution is 6.34. The number of benzene rings is 2. The molecule has 8 nitrogen and oxygen atoms in total. The fourth-order valence-corrected chi connectivity index (χ4v) is 4.87. The molecule has 2 aliphatic rings. The summed E-state index contributed by atoms with van der Waals surface area (Å²) in [7, 11) is 0. The van der Waals surface area contributed by atoms with Gasteiger partial charge in [-0.05, 0) is 42.7 Å². The Bertz CT molecular complexity index is 1320. The number of anilines is 3. The number of hydrogen-bond donors (Lipinski definition) is 3. The Labute approximate surface area is 218 Å². The van der Waals surface area contributed by atoms with Crippen LogP contribution in [0.2, 0.25) is 10.0 Å². The highest BCUT2D eigenvalue weighted by atomic mass is 35.5. The predicted molar refractivity (Wildman–Crippen MR) is 140 cm³/mol. The third kappa shape index (κ3) is 4.95. The first kappa shape index (κ1) is 24.6. The number of amides is 2. The second kappa shape index (κ2) is 9.78. The summed E-state index contributed by atoms with van der Waals surface area (Å²) in [4.78, 5) is 35.7. The van der Waals surface area contributed by atoms with Gasteiger partial charge in [-0.15, -0.1) is 0 Å². The van der Waals surface area contributed by atoms with Crippen molar-refractivity contribution in [3.05, 3.63) is 45.9 Å². The molecule has 1 saturated heterocycles. The van der Waals surface area contributed by atoms with E-state index in [9.17, 15) is 14.0 Å². The minimum Gasteiger partial charge on any atom is -0.367 e. The van der Waals surface area contributed by atoms with E-state index in [0.717, 1.165) is 16.8 Å². The molecule has 2 heterocycles. The molecule has 1 aliphatic carbocycles. The highest BCUT2D eigenvalue weighted by Crippen LogP contribution is 2.46. The third-order valence-corrected chi connectivity index (χ3v) is 7.58. The van der Waals surface area contributed by atoms with Crippen LogP contribution in [-0.4, -0.2) is 59.5 Å². The van der Waals surface area contributed by atoms with Gasteiger partial charge in [0.1, 0.15) is 6.67 Å². The third-order valence-electron chi connectivity index (χ3n) is 6.94. The van der Waals surface area contributed by atoms with Gasteiger partial charge in [0.05, 0.1) is 37.9 Å². The summed E-state index contributed by atoms with van der Waals surface area (Å²) < 4.78 is 13.1. The van der Waals surface area contributed by atoms with E-state index >= 15 is 0 Å². The van der Waals surface area contributed by atoms with Gasteiger partial charge in [-0.1, -0.05) is 29.3 Å². The fourth-order valence-electron chi connectivity index (χ4n) is 4.43. The van der Waals surface area contributed by atoms with Crippen molar-refractivity contribution in [3.63, 3.8) is 0 Å². The van der Waals surface area contributed by atoms with E-state index in [1.165, 1.54) is 0 Å². The van der Waals surface area contributed by atoms with Gasteiger partial charge in [0.2, 0.25) is 17.8 Å². The Morgan fingerprint density at radius 3 is 2.53 bits per heavy atom. The topological polar surface area (TPSA) is 93.4 Å². The van der Waals surface area contributed by atoms with Crippen LogP contribution in [0.25, 0.3) is 11.0 Å². The summed E-state index contributed by atoms with van der Waals surface area (Å²) >= 11 is 13.0. The molecule has 0 bridgehead atoms. The molecule has 11 heteroatoms. The monoisotopic (exact) mass is 532 g/mol. The molecular formula is C25H27Cl2FN6O2. The van der Waals surface area contributed by atoms with E-state index in [2.05, 4.69) is 25.5 Å². The molecule has 0 atom stereocenters. The molecule has 2 aromatic carbocycles. The summed E-state index contributed by atoms with van der Waals surface area (Å²) in [5.41, 5.74) is 3.03. The average molecular weight is 533 g/mol. The summed E-state index contributed by atoms with van der Waals surface area (Å²) in [6.45, 7) is 3.96. The average Bonchev–Trinajstić information content (AvgIpc) is 3.58. The van der Waals surface area contributed by atoms with Crippen LogP contribution in [0.15, 0.2) is 30.3 Å². The van der Waals surface area contributed by atoms with Crippen LogP contribution in [0.1, 0.15) is 25.3 Å². The van der Waals surface area contributed by atoms with E-state index in [1.807, 2.05) is 29.2 Å². The minimum absolute atomic E-state index is 0.0807. The van der Waals surface area contributed by atoms with Crippen molar-refractivity contribution < 1.29 is 14.0 Å². The number of rotatable bonds is 7. The van der Waals surface area contributed by atoms with Crippen molar-refractivity contribution in [3.8, 4) is 0 Å². The lowest BCUT2D eigenvalue weighted by molar-refractivity contribution is -0.129. The Kier molecular flexibility index (Phi) is 6.70. The van der Waals surface area contributed by atoms with Gasteiger partial charge in [-0.2, -0.15) is 0 Å². The number of H-pyrrole nitrogens is 1. The van der Waals surface area contributed by atoms with E-state index in [1.54, 1.807) is 13.0 Å². The van der Waals surface area contributed by atoms with Crippen LogP contribution in [0.3, 0.4) is 0 Å². The predicted octanol–water partition coefficient (Wildman–Crippen LogP) is 4.65. The van der Waals surface area contributed by atoms with Gasteiger partial charge in [-0.3, -0.25) is 9.59 Å². The van der Waals surface area contributed by atoms with Crippen molar-refractivity contribution in [2.24, 2.45) is 5.41 Å². The highest BCUT2D eigenvalue weighted by Gasteiger charge is 2.49. The van der Waals surface area contributed by atoms with Crippen LogP contribution in [0, 0.1) is 5.41 Å². The van der Waals surface area contributed by atoms with E-state index in [0.29, 0.717) is 66.2 Å². The lowest BCUT2D eigenvalue weighted by atomic mass is 10.1. The zero-order chi connectivity index (χ0) is 25.4. The van der Waals surface area contributed by atoms with Crippen LogP contribution in [-0.2, 0) is 16.1 Å². The summed E-state index contributed by atoms with van der Waals surface area (Å²) in [6, 6.07) is 9.17. The maximum absolute atomic E-state index is 13.1. The molecule has 190 valence electrons. The number of imidazole rings is 1. The summed E-state index contributed by atoms with van der Waals surface area (Å²) in [5, 5.41) is 7.12. The van der Waals surface area contributed by atoms with E-state index < -0.39 is 12.1 Å². The van der Waals surface area contributed by atoms with Crippen LogP contribution >= 0.6 is 23.2 Å². The number of hydrogen-bond acceptors (Lipinski definition) is 5. The van der Waals surface area contributed by atoms with Gasteiger partial charge < -0.3 is 25.4 Å². The van der Waals surface area contributed by atoms with Crippen molar-refractivity contribution in [2.75, 3.05) is 43.1 Å². The van der Waals surface area contributed by atoms with Crippen molar-refractivity contribution >= 4 is 63.4 Å². The summed E-state index contributed by atoms with van der Waals surface area (Å²) in [6.07, 6.45) is 1.18. The second-order valence-electron chi connectivity index (χ2n) is 9.44. The molecule has 0 spiro atoms. The fraction of sp³-hybridized carbons (Fsp3) is 0.400. The lowest BCUT2D eigenvalue weighted by Crippen LogP contribution is -2.48. The van der Waals surface area contributed by atoms with Gasteiger partial charge in [0.15, 0.2) is 0 Å². The van der Waals surface area contributed by atoms with Crippen molar-refractivity contribution in [2.45, 2.75) is 26.3 Å². The first-order valence-corrected chi connectivity index (χ1v) is 12.6. The largest absolute Gasteiger partial charge is 0.367 e. The quantitative estimate of drug-likeness (QED) is 0.411. The molecule has 2 amide bonds. The van der Waals surface area contributed by atoms with Crippen LogP contribution < -0.4 is 15.5 Å². The number of piperazine rings is 1. The molecule has 3 aromatic rings. The molecule has 0 unspecified atom stereocenters. The SMILES string of the molecule is CC(=O)N1CCN(c2cc3[nH]c(Nc4cc(CNC(=O)C5(CF)CC5)ccc4Cl)nc3cc2Cl)CC1. The van der Waals surface area contributed by atoms with Crippen LogP contribution in [0.5, 0.6) is 0 Å². The Morgan fingerprint density at radius 1 is 1.11 bits per heavy atom. The number of carbonyl (C=O) groups is 2. The number of fused-ring (bicyclic) bond motifs is 1. The number of aromatic nitrogens is 2. The second-order valence-corrected chi connectivity index (χ2v) is 10.2. The molecule has 1 aliphatic heterocycles. The minimum atomic E-state index is -0.830. The maximum atomic E-state index is 13.1. The molecule has 3 N–H and O–H groups in total. The summed E-state index contributed by atoms with van der Waals surface area (Å²) in [5.74, 6) is 0.330. The smallest absolute Gasteiger partial charge is 0.229 e. The zero-order valence-electron chi connectivity index (χ0n) is 19.8. The normalized spacial score (nSPS) is 16.8. The number of aromatic amines is 1. The molecule has 2 fully saturated rings. The van der Waals surface area contributed by atoms with E-state index in [-0.39, 0.29) is 18.4 Å². The number of nitrogens with one attached hydrogen (secondary N) is 3. The van der Waals surface area contributed by atoms with Gasteiger partial charge in [0.25, 0.3) is 0 Å². The Hall–Kier alpha value is -3.04. The number of nitrogens with zero attached hydrogens (tertiary/aromatic N) is 3. The molecular weight excluding hydrogens is 506 g/mol. The molecule has 0 radical (unpaired) electrons. The first-order chi connectivity index (χ1) is 17.3. The Morgan fingerprint density at radius 2 is 1.86 bits per heavy atom. The lowest BCUT2D eigenvalue weighted by Gasteiger charge is -2.36. The molecule has 1 aromatic heterocycles. The molecule has 5 rings (SSSR count). The number of halogens is 3. The molecule has 36 heavy (non-hydrogen) atoms. The maximum Gasteiger partial charge on any atom is 0.229 e. The van der Waals surface area contributed by atoms with Crippen molar-refractivity contribution in [1.29, 1.82) is 0 Å². The zero-order valence-corrected chi connectivity index (χ0v) is 21.3. The van der Waals surface area contributed by atoms with Gasteiger partial charge in [-0.25, -0.2) is 9.37 Å². The van der Waals surface area contributed by atoms with E-state index in [4.69, 9.17) is 23.2 Å². The number of carbonyl (C=O) groups excluding carboxylic acids is 2. The van der Waals surface area contributed by atoms with Gasteiger partial charge in [0, 0.05) is 39.6 Å². The molecule has 1 saturated carbocycles. The Balaban J connectivity index is 1.30. The standard InChI is InChI=1S/C25H27Cl2FN6O2/c1-15(35)33-6-8-34(9-7-33)22-12-21-20(11-18(22)27)31-24(32-21)30-19-10-16(2-3-17(19)26)13-29-23(36)25(14-28)4-5-25/h2-3,10-12H,4-9,13-14H2,1H3,(H,29,36)(H2,30,31,32).